The zero-order valence-electron chi connectivity index (χ0n) is 14.4. The average Bonchev–Trinajstić information content (AvgIpc) is 2.47. The summed E-state index contributed by atoms with van der Waals surface area (Å²) >= 11 is 0. The number of rotatable bonds is 8. The quantitative estimate of drug-likeness (QED) is 0.472. The minimum Gasteiger partial charge on any atom is -0.419 e. The van der Waals surface area contributed by atoms with Gasteiger partial charge >= 0.3 is 32.9 Å². The smallest absolute Gasteiger partial charge is 0.419 e. The largest absolute Gasteiger partial charge is 0.975 e. The van der Waals surface area contributed by atoms with Gasteiger partial charge in [-0.05, 0) is 27.7 Å². The monoisotopic (exact) mass is 368 g/mol. The van der Waals surface area contributed by atoms with Gasteiger partial charge in [-0.25, -0.2) is 19.2 Å². The van der Waals surface area contributed by atoms with E-state index >= 15 is 0 Å². The first-order valence-electron chi connectivity index (χ1n) is 7.25. The van der Waals surface area contributed by atoms with Crippen molar-refractivity contribution >= 4 is 32.9 Å². The summed E-state index contributed by atoms with van der Waals surface area (Å²) in [5, 5.41) is 0. The Bertz CT molecular complexity index is 506. The van der Waals surface area contributed by atoms with Gasteiger partial charge in [0, 0.05) is 24.3 Å². The molecule has 0 rings (SSSR count). The van der Waals surface area contributed by atoms with Crippen LogP contribution in [0.15, 0.2) is 48.6 Å². The van der Waals surface area contributed by atoms with Gasteiger partial charge in [0.15, 0.2) is 0 Å². The Hall–Kier alpha value is -2.94. The summed E-state index contributed by atoms with van der Waals surface area (Å²) in [6, 6.07) is 0. The van der Waals surface area contributed by atoms with Crippen LogP contribution >= 0.6 is 0 Å². The molecule has 136 valence electrons. The fraction of sp³-hybridized carbons (Fsp3) is 0.250. The SMILES string of the molecule is CC=CC(=O)O[Si](OC(=O)C=CC)(OC(=O)C=CC)OC(=O)C=CC. The Morgan fingerprint density at radius 2 is 0.720 bits per heavy atom. The summed E-state index contributed by atoms with van der Waals surface area (Å²) in [5.74, 6) is -4.04. The second-order valence-corrected chi connectivity index (χ2v) is 6.00. The summed E-state index contributed by atoms with van der Waals surface area (Å²) in [6.07, 6.45) is 9.31. The van der Waals surface area contributed by atoms with Gasteiger partial charge in [-0.1, -0.05) is 24.3 Å². The maximum absolute atomic E-state index is 11.8. The molecule has 0 saturated carbocycles. The lowest BCUT2D eigenvalue weighted by atomic mass is 10.5. The standard InChI is InChI=1S/C16H20O8Si/c1-5-9-13(17)21-25(22-14(18)10-6-2,23-15(19)11-7-3)24-16(20)12-8-4/h5-12H,1-4H3. The van der Waals surface area contributed by atoms with Crippen LogP contribution in [-0.2, 0) is 36.9 Å². The Kier molecular flexibility index (Phi) is 10.2. The molecule has 0 aromatic carbocycles. The third-order valence-electron chi connectivity index (χ3n) is 2.11. The first kappa shape index (κ1) is 22.1. The highest BCUT2D eigenvalue weighted by Gasteiger charge is 2.62. The predicted molar refractivity (Wildman–Crippen MR) is 89.4 cm³/mol. The molecule has 0 aromatic heterocycles. The van der Waals surface area contributed by atoms with Crippen LogP contribution in [0.5, 0.6) is 0 Å². The van der Waals surface area contributed by atoms with Crippen molar-refractivity contribution in [2.24, 2.45) is 0 Å². The maximum Gasteiger partial charge on any atom is 0.975 e. The zero-order chi connectivity index (χ0) is 19.3. The van der Waals surface area contributed by atoms with Gasteiger partial charge in [-0.2, -0.15) is 0 Å². The van der Waals surface area contributed by atoms with E-state index in [0.717, 1.165) is 24.3 Å². The number of hydrogen-bond acceptors (Lipinski definition) is 8. The van der Waals surface area contributed by atoms with Crippen LogP contribution in [0.3, 0.4) is 0 Å². The molecule has 0 saturated heterocycles. The van der Waals surface area contributed by atoms with E-state index in [1.54, 1.807) is 0 Å². The Balaban J connectivity index is 5.87. The highest BCUT2D eigenvalue weighted by atomic mass is 28.4. The van der Waals surface area contributed by atoms with Crippen LogP contribution in [-0.4, -0.2) is 32.9 Å². The lowest BCUT2D eigenvalue weighted by Gasteiger charge is -2.23. The van der Waals surface area contributed by atoms with Crippen LogP contribution < -0.4 is 0 Å². The second kappa shape index (κ2) is 11.6. The van der Waals surface area contributed by atoms with E-state index < -0.39 is 32.9 Å². The van der Waals surface area contributed by atoms with Gasteiger partial charge in [0.2, 0.25) is 0 Å². The fourth-order valence-electron chi connectivity index (χ4n) is 1.30. The first-order chi connectivity index (χ1) is 11.8. The van der Waals surface area contributed by atoms with E-state index in [1.807, 2.05) is 0 Å². The topological polar surface area (TPSA) is 105 Å². The van der Waals surface area contributed by atoms with Crippen molar-refractivity contribution in [2.75, 3.05) is 0 Å². The molecular weight excluding hydrogens is 348 g/mol. The molecule has 0 aliphatic heterocycles. The van der Waals surface area contributed by atoms with Crippen molar-refractivity contribution in [2.45, 2.75) is 27.7 Å². The molecule has 0 aromatic rings. The van der Waals surface area contributed by atoms with Crippen molar-refractivity contribution in [1.29, 1.82) is 0 Å². The summed E-state index contributed by atoms with van der Waals surface area (Å²) in [5.41, 5.74) is 0. The van der Waals surface area contributed by atoms with Crippen LogP contribution in [0.1, 0.15) is 27.7 Å². The molecule has 0 radical (unpaired) electrons. The minimum absolute atomic E-state index is 0.984. The van der Waals surface area contributed by atoms with E-state index in [1.165, 1.54) is 52.0 Å². The molecule has 8 nitrogen and oxygen atoms in total. The molecule has 0 spiro atoms. The van der Waals surface area contributed by atoms with Crippen LogP contribution in [0.4, 0.5) is 0 Å². The molecule has 0 N–H and O–H groups in total. The summed E-state index contributed by atoms with van der Waals surface area (Å²) in [7, 11) is -4.80. The van der Waals surface area contributed by atoms with Crippen LogP contribution in [0.25, 0.3) is 0 Å². The maximum atomic E-state index is 11.8. The van der Waals surface area contributed by atoms with E-state index in [0.29, 0.717) is 0 Å². The number of carbonyl (C=O) groups excluding carboxylic acids is 4. The third-order valence-corrected chi connectivity index (χ3v) is 3.92. The zero-order valence-corrected chi connectivity index (χ0v) is 15.4. The van der Waals surface area contributed by atoms with Gasteiger partial charge in [0.05, 0.1) is 0 Å². The Morgan fingerprint density at radius 1 is 0.520 bits per heavy atom. The fourth-order valence-corrected chi connectivity index (χ4v) is 2.81. The average molecular weight is 368 g/mol. The van der Waals surface area contributed by atoms with Crippen molar-refractivity contribution in [3.63, 3.8) is 0 Å². The molecule has 25 heavy (non-hydrogen) atoms. The van der Waals surface area contributed by atoms with Gasteiger partial charge in [0.25, 0.3) is 0 Å². The van der Waals surface area contributed by atoms with Crippen molar-refractivity contribution in [3.05, 3.63) is 48.6 Å². The number of allylic oxidation sites excluding steroid dienone is 4. The molecule has 0 amide bonds. The van der Waals surface area contributed by atoms with Crippen LogP contribution in [0, 0.1) is 0 Å². The number of carbonyl (C=O) groups is 4. The van der Waals surface area contributed by atoms with Crippen LogP contribution in [0.2, 0.25) is 0 Å². The Morgan fingerprint density at radius 3 is 0.880 bits per heavy atom. The van der Waals surface area contributed by atoms with E-state index in [-0.39, 0.29) is 0 Å². The summed E-state index contributed by atoms with van der Waals surface area (Å²) in [4.78, 5) is 47.1. The molecule has 0 aliphatic carbocycles. The van der Waals surface area contributed by atoms with Crippen molar-refractivity contribution in [3.8, 4) is 0 Å². The Labute approximate surface area is 146 Å². The normalized spacial score (nSPS) is 13.9. The predicted octanol–water partition coefficient (Wildman–Crippen LogP) is 1.90. The minimum atomic E-state index is -4.80. The molecule has 0 heterocycles. The first-order valence-corrected chi connectivity index (χ1v) is 8.88. The molecular formula is C16H20O8Si. The van der Waals surface area contributed by atoms with Crippen molar-refractivity contribution < 1.29 is 36.9 Å². The molecule has 0 bridgehead atoms. The van der Waals surface area contributed by atoms with Gasteiger partial charge in [-0.3, -0.25) is 0 Å². The molecule has 0 aliphatic rings. The summed E-state index contributed by atoms with van der Waals surface area (Å²) in [6.45, 7) is 6.14. The molecule has 0 unspecified atom stereocenters. The second-order valence-electron chi connectivity index (χ2n) is 4.18. The highest BCUT2D eigenvalue weighted by molar-refractivity contribution is 6.61. The van der Waals surface area contributed by atoms with E-state index in [2.05, 4.69) is 0 Å². The highest BCUT2D eigenvalue weighted by Crippen LogP contribution is 2.15. The third kappa shape index (κ3) is 9.06. The lowest BCUT2D eigenvalue weighted by Crippen LogP contribution is -2.53. The lowest BCUT2D eigenvalue weighted by molar-refractivity contribution is -0.156. The summed E-state index contributed by atoms with van der Waals surface area (Å²) < 4.78 is 19.6. The number of hydrogen-bond donors (Lipinski definition) is 0. The molecule has 0 fully saturated rings. The van der Waals surface area contributed by atoms with Gasteiger partial charge in [-0.15, -0.1) is 0 Å². The molecule has 0 atom stereocenters. The molecule has 9 heteroatoms. The van der Waals surface area contributed by atoms with Crippen molar-refractivity contribution in [1.82, 2.24) is 0 Å². The van der Waals surface area contributed by atoms with Gasteiger partial charge < -0.3 is 17.7 Å². The van der Waals surface area contributed by atoms with Gasteiger partial charge in [0.1, 0.15) is 0 Å². The van der Waals surface area contributed by atoms with E-state index in [4.69, 9.17) is 17.7 Å². The van der Waals surface area contributed by atoms with E-state index in [9.17, 15) is 19.2 Å².